The van der Waals surface area contributed by atoms with Crippen LogP contribution >= 0.6 is 11.3 Å². The van der Waals surface area contributed by atoms with Gasteiger partial charge in [0.2, 0.25) is 10.1 Å². The summed E-state index contributed by atoms with van der Waals surface area (Å²) >= 11 is 1.38. The maximum absolute atomic E-state index is 11.8. The second kappa shape index (κ2) is 6.48. The Morgan fingerprint density at radius 1 is 1.12 bits per heavy atom. The molecule has 0 aliphatic carbocycles. The Labute approximate surface area is 147 Å². The number of anilines is 1. The molecule has 4 aromatic rings. The number of hydrogen-bond donors (Lipinski definition) is 0. The maximum Gasteiger partial charge on any atom is 0.275 e. The summed E-state index contributed by atoms with van der Waals surface area (Å²) in [5.41, 5.74) is 1.05. The van der Waals surface area contributed by atoms with Gasteiger partial charge in [-0.3, -0.25) is 4.79 Å². The van der Waals surface area contributed by atoms with Crippen LogP contribution < -0.4 is 10.5 Å². The van der Waals surface area contributed by atoms with Crippen molar-refractivity contribution in [2.45, 2.75) is 13.1 Å². The first-order valence-electron chi connectivity index (χ1n) is 7.81. The lowest BCUT2D eigenvalue weighted by Gasteiger charge is -2.16. The minimum absolute atomic E-state index is 0.175. The van der Waals surface area contributed by atoms with Crippen molar-refractivity contribution in [2.75, 3.05) is 11.9 Å². The Kier molecular flexibility index (Phi) is 4.02. The minimum Gasteiger partial charge on any atom is -0.342 e. The molecule has 25 heavy (non-hydrogen) atoms. The second-order valence-corrected chi connectivity index (χ2v) is 6.61. The van der Waals surface area contributed by atoms with Crippen LogP contribution in [0.3, 0.4) is 0 Å². The van der Waals surface area contributed by atoms with E-state index in [1.54, 1.807) is 6.20 Å². The third-order valence-electron chi connectivity index (χ3n) is 3.86. The fourth-order valence-corrected chi connectivity index (χ4v) is 3.42. The summed E-state index contributed by atoms with van der Waals surface area (Å²) in [5.74, 6) is 0.936. The summed E-state index contributed by atoms with van der Waals surface area (Å²) in [4.78, 5) is 23.0. The predicted molar refractivity (Wildman–Crippen MR) is 97.0 cm³/mol. The van der Waals surface area contributed by atoms with E-state index in [0.29, 0.717) is 11.5 Å². The fraction of sp³-hybridized carbons (Fsp3) is 0.176. The molecule has 0 N–H and O–H groups in total. The zero-order valence-electron chi connectivity index (χ0n) is 13.6. The van der Waals surface area contributed by atoms with Crippen molar-refractivity contribution >= 4 is 21.4 Å². The average molecular weight is 352 g/mol. The molecular formula is C17H16N6OS. The van der Waals surface area contributed by atoms with Crippen molar-refractivity contribution in [3.63, 3.8) is 0 Å². The van der Waals surface area contributed by atoms with Gasteiger partial charge in [-0.1, -0.05) is 41.7 Å². The first-order chi connectivity index (χ1) is 12.2. The topological polar surface area (TPSA) is 68.3 Å². The van der Waals surface area contributed by atoms with E-state index in [2.05, 4.69) is 31.8 Å². The smallest absolute Gasteiger partial charge is 0.275 e. The molecule has 4 rings (SSSR count). The van der Waals surface area contributed by atoms with Crippen LogP contribution in [-0.2, 0) is 13.1 Å². The zero-order chi connectivity index (χ0) is 17.2. The van der Waals surface area contributed by atoms with Crippen LogP contribution in [0.2, 0.25) is 0 Å². The molecule has 0 unspecified atom stereocenters. The van der Waals surface area contributed by atoms with Crippen LogP contribution in [0.4, 0.5) is 5.13 Å². The summed E-state index contributed by atoms with van der Waals surface area (Å²) in [6.07, 6.45) is 5.28. The second-order valence-electron chi connectivity index (χ2n) is 5.68. The lowest BCUT2D eigenvalue weighted by atomic mass is 10.2. The van der Waals surface area contributed by atoms with Gasteiger partial charge in [0.15, 0.2) is 0 Å². The van der Waals surface area contributed by atoms with Gasteiger partial charge in [-0.05, 0) is 5.56 Å². The Hall–Kier alpha value is -3.00. The van der Waals surface area contributed by atoms with E-state index in [1.807, 2.05) is 36.3 Å². The summed E-state index contributed by atoms with van der Waals surface area (Å²) in [6.45, 7) is 1.36. The van der Waals surface area contributed by atoms with E-state index in [-0.39, 0.29) is 5.56 Å². The molecule has 3 aromatic heterocycles. The van der Waals surface area contributed by atoms with Gasteiger partial charge in [0.25, 0.3) is 5.56 Å². The van der Waals surface area contributed by atoms with E-state index in [1.165, 1.54) is 33.7 Å². The van der Waals surface area contributed by atoms with Gasteiger partial charge >= 0.3 is 0 Å². The highest BCUT2D eigenvalue weighted by atomic mass is 32.1. The van der Waals surface area contributed by atoms with Crippen molar-refractivity contribution in [1.29, 1.82) is 0 Å². The molecule has 0 aliphatic heterocycles. The van der Waals surface area contributed by atoms with Gasteiger partial charge in [-0.25, -0.2) is 9.97 Å². The van der Waals surface area contributed by atoms with Crippen molar-refractivity contribution in [2.24, 2.45) is 0 Å². The van der Waals surface area contributed by atoms with Crippen molar-refractivity contribution in [3.05, 3.63) is 76.7 Å². The quantitative estimate of drug-likeness (QED) is 0.550. The Morgan fingerprint density at radius 3 is 2.76 bits per heavy atom. The molecule has 8 heteroatoms. The highest BCUT2D eigenvalue weighted by Gasteiger charge is 2.13. The van der Waals surface area contributed by atoms with Crippen LogP contribution in [0.25, 0.3) is 4.96 Å². The number of aromatic nitrogens is 5. The number of fused-ring (bicyclic) bond motifs is 1. The SMILES string of the molecule is CN(Cc1nccn1Cc1ccccc1)c1nn2c(=O)ccnc2s1. The molecule has 126 valence electrons. The van der Waals surface area contributed by atoms with E-state index in [4.69, 9.17) is 0 Å². The first kappa shape index (κ1) is 15.5. The fourth-order valence-electron chi connectivity index (χ4n) is 2.58. The molecule has 0 amide bonds. The molecule has 1 aromatic carbocycles. The number of benzene rings is 1. The Morgan fingerprint density at radius 2 is 1.96 bits per heavy atom. The molecule has 0 aliphatic rings. The number of imidazole rings is 1. The van der Waals surface area contributed by atoms with Gasteiger partial charge in [-0.15, -0.1) is 5.10 Å². The van der Waals surface area contributed by atoms with Crippen LogP contribution in [0.1, 0.15) is 11.4 Å². The van der Waals surface area contributed by atoms with Gasteiger partial charge in [0.1, 0.15) is 5.82 Å². The lowest BCUT2D eigenvalue weighted by molar-refractivity contribution is 0.703. The van der Waals surface area contributed by atoms with Crippen molar-refractivity contribution < 1.29 is 0 Å². The van der Waals surface area contributed by atoms with Gasteiger partial charge in [-0.2, -0.15) is 4.52 Å². The van der Waals surface area contributed by atoms with E-state index in [0.717, 1.165) is 17.5 Å². The summed E-state index contributed by atoms with van der Waals surface area (Å²) < 4.78 is 3.44. The normalized spacial score (nSPS) is 11.1. The summed E-state index contributed by atoms with van der Waals surface area (Å²) in [5, 5.41) is 5.08. The monoisotopic (exact) mass is 352 g/mol. The molecular weight excluding hydrogens is 336 g/mol. The molecule has 0 fully saturated rings. The molecule has 0 bridgehead atoms. The molecule has 0 spiro atoms. The summed E-state index contributed by atoms with van der Waals surface area (Å²) in [6, 6.07) is 11.7. The highest BCUT2D eigenvalue weighted by Crippen LogP contribution is 2.21. The minimum atomic E-state index is -0.175. The predicted octanol–water partition coefficient (Wildman–Crippen LogP) is 2.03. The first-order valence-corrected chi connectivity index (χ1v) is 8.62. The Bertz CT molecular complexity index is 1050. The molecule has 0 saturated carbocycles. The Balaban J connectivity index is 1.56. The van der Waals surface area contributed by atoms with E-state index in [9.17, 15) is 4.79 Å². The zero-order valence-corrected chi connectivity index (χ0v) is 14.4. The molecule has 7 nitrogen and oxygen atoms in total. The van der Waals surface area contributed by atoms with Crippen LogP contribution in [0.5, 0.6) is 0 Å². The largest absolute Gasteiger partial charge is 0.342 e. The van der Waals surface area contributed by atoms with Crippen LogP contribution in [0.15, 0.2) is 59.8 Å². The molecule has 3 heterocycles. The third kappa shape index (κ3) is 3.16. The maximum atomic E-state index is 11.8. The van der Waals surface area contributed by atoms with Crippen LogP contribution in [-0.4, -0.2) is 31.2 Å². The van der Waals surface area contributed by atoms with E-state index >= 15 is 0 Å². The number of rotatable bonds is 5. The van der Waals surface area contributed by atoms with Crippen LogP contribution in [0, 0.1) is 0 Å². The van der Waals surface area contributed by atoms with Gasteiger partial charge in [0.05, 0.1) is 6.54 Å². The molecule has 0 radical (unpaired) electrons. The number of hydrogen-bond acceptors (Lipinski definition) is 6. The van der Waals surface area contributed by atoms with Crippen molar-refractivity contribution in [1.82, 2.24) is 24.1 Å². The van der Waals surface area contributed by atoms with E-state index < -0.39 is 0 Å². The standard InChI is InChI=1S/C17H16N6OS/c1-21(17-20-23-15(24)7-8-19-16(23)25-17)12-14-18-9-10-22(14)11-13-5-3-2-4-6-13/h2-10H,11-12H2,1H3. The van der Waals surface area contributed by atoms with Gasteiger partial charge in [0, 0.05) is 38.2 Å². The third-order valence-corrected chi connectivity index (χ3v) is 4.90. The highest BCUT2D eigenvalue weighted by molar-refractivity contribution is 7.20. The number of nitrogens with zero attached hydrogens (tertiary/aromatic N) is 6. The summed E-state index contributed by atoms with van der Waals surface area (Å²) in [7, 11) is 1.93. The average Bonchev–Trinajstić information content (AvgIpc) is 3.24. The van der Waals surface area contributed by atoms with Crippen molar-refractivity contribution in [3.8, 4) is 0 Å². The lowest BCUT2D eigenvalue weighted by Crippen LogP contribution is -2.21. The van der Waals surface area contributed by atoms with Gasteiger partial charge < -0.3 is 9.47 Å². The molecule has 0 atom stereocenters. The molecule has 0 saturated heterocycles.